The molecule has 2 N–H and O–H groups in total. The van der Waals surface area contributed by atoms with Crippen LogP contribution in [-0.4, -0.2) is 24.5 Å². The normalized spacial score (nSPS) is 9.22. The minimum atomic E-state index is 0. The highest BCUT2D eigenvalue weighted by molar-refractivity contribution is 7.09. The van der Waals surface area contributed by atoms with Gasteiger partial charge in [-0.15, -0.1) is 36.2 Å². The smallest absolute Gasteiger partial charge is 0.220 e. The summed E-state index contributed by atoms with van der Waals surface area (Å²) in [5, 5.41) is 9.02. The summed E-state index contributed by atoms with van der Waals surface area (Å²) in [6, 6.07) is 0. The summed E-state index contributed by atoms with van der Waals surface area (Å²) in [6.07, 6.45) is 2.41. The summed E-state index contributed by atoms with van der Waals surface area (Å²) in [4.78, 5) is 15.8. The molecule has 0 aliphatic heterocycles. The molecule has 106 valence electrons. The molecule has 0 unspecified atom stereocenters. The number of amides is 1. The monoisotopic (exact) mass is 313 g/mol. The fraction of sp³-hybridized carbons (Fsp3) is 0.636. The number of carbonyl (C=O) groups excluding carboxylic acids is 1. The SMILES string of the molecule is CCc1nc(CNC(=O)CCCNC)cs1.Cl.Cl. The van der Waals surface area contributed by atoms with Crippen LogP contribution >= 0.6 is 36.2 Å². The van der Waals surface area contributed by atoms with E-state index in [2.05, 4.69) is 22.5 Å². The molecule has 1 aromatic heterocycles. The zero-order chi connectivity index (χ0) is 11.8. The van der Waals surface area contributed by atoms with Gasteiger partial charge in [-0.2, -0.15) is 0 Å². The lowest BCUT2D eigenvalue weighted by Crippen LogP contribution is -2.23. The van der Waals surface area contributed by atoms with Crippen molar-refractivity contribution in [1.82, 2.24) is 15.6 Å². The summed E-state index contributed by atoms with van der Waals surface area (Å²) in [5.41, 5.74) is 0.962. The molecular weight excluding hydrogens is 293 g/mol. The van der Waals surface area contributed by atoms with E-state index < -0.39 is 0 Å². The average molecular weight is 314 g/mol. The number of carbonyl (C=O) groups is 1. The number of thiazole rings is 1. The van der Waals surface area contributed by atoms with Crippen LogP contribution in [-0.2, 0) is 17.8 Å². The molecule has 0 aromatic carbocycles. The van der Waals surface area contributed by atoms with Crippen molar-refractivity contribution in [2.75, 3.05) is 13.6 Å². The Morgan fingerprint density at radius 1 is 1.44 bits per heavy atom. The minimum Gasteiger partial charge on any atom is -0.350 e. The molecule has 0 spiro atoms. The lowest BCUT2D eigenvalue weighted by atomic mass is 10.3. The molecule has 0 radical (unpaired) electrons. The second-order valence-electron chi connectivity index (χ2n) is 3.57. The number of hydrogen-bond donors (Lipinski definition) is 2. The van der Waals surface area contributed by atoms with Gasteiger partial charge in [-0.05, 0) is 26.4 Å². The van der Waals surface area contributed by atoms with Crippen LogP contribution in [0.5, 0.6) is 0 Å². The summed E-state index contributed by atoms with van der Waals surface area (Å²) in [7, 11) is 1.89. The first-order valence-corrected chi connectivity index (χ1v) is 6.48. The van der Waals surface area contributed by atoms with E-state index >= 15 is 0 Å². The number of hydrogen-bond acceptors (Lipinski definition) is 4. The molecule has 0 aliphatic rings. The Hall–Kier alpha value is -0.360. The third kappa shape index (κ3) is 7.87. The topological polar surface area (TPSA) is 54.0 Å². The van der Waals surface area contributed by atoms with Gasteiger partial charge in [0.2, 0.25) is 5.91 Å². The number of nitrogens with zero attached hydrogens (tertiary/aromatic N) is 1. The summed E-state index contributed by atoms with van der Waals surface area (Å²) >= 11 is 1.65. The second kappa shape index (κ2) is 11.7. The maximum Gasteiger partial charge on any atom is 0.220 e. The molecule has 1 heterocycles. The van der Waals surface area contributed by atoms with Gasteiger partial charge >= 0.3 is 0 Å². The van der Waals surface area contributed by atoms with Crippen LogP contribution in [0.15, 0.2) is 5.38 Å². The van der Waals surface area contributed by atoms with Gasteiger partial charge in [0.1, 0.15) is 0 Å². The predicted molar refractivity (Wildman–Crippen MR) is 81.0 cm³/mol. The Labute approximate surface area is 125 Å². The van der Waals surface area contributed by atoms with Gasteiger partial charge in [0.05, 0.1) is 17.2 Å². The van der Waals surface area contributed by atoms with Crippen molar-refractivity contribution < 1.29 is 4.79 Å². The van der Waals surface area contributed by atoms with Crippen molar-refractivity contribution in [1.29, 1.82) is 0 Å². The molecule has 0 aliphatic carbocycles. The largest absolute Gasteiger partial charge is 0.350 e. The molecule has 1 rings (SSSR count). The van der Waals surface area contributed by atoms with Gasteiger partial charge in [0.25, 0.3) is 0 Å². The molecule has 7 heteroatoms. The van der Waals surface area contributed by atoms with E-state index in [4.69, 9.17) is 0 Å². The number of rotatable bonds is 7. The fourth-order valence-corrected chi connectivity index (χ4v) is 2.04. The molecule has 4 nitrogen and oxygen atoms in total. The van der Waals surface area contributed by atoms with Gasteiger partial charge in [-0.3, -0.25) is 4.79 Å². The van der Waals surface area contributed by atoms with Crippen LogP contribution in [0.25, 0.3) is 0 Å². The van der Waals surface area contributed by atoms with Gasteiger partial charge in [-0.1, -0.05) is 6.92 Å². The molecule has 1 amide bonds. The first-order chi connectivity index (χ1) is 7.76. The van der Waals surface area contributed by atoms with Crippen molar-refractivity contribution in [2.24, 2.45) is 0 Å². The quantitative estimate of drug-likeness (QED) is 0.759. The Morgan fingerprint density at radius 3 is 2.72 bits per heavy atom. The Bertz CT molecular complexity index is 334. The van der Waals surface area contributed by atoms with Crippen molar-refractivity contribution in [3.05, 3.63) is 16.1 Å². The number of aromatic nitrogens is 1. The zero-order valence-corrected chi connectivity index (χ0v) is 13.1. The van der Waals surface area contributed by atoms with Crippen LogP contribution in [0.4, 0.5) is 0 Å². The zero-order valence-electron chi connectivity index (χ0n) is 10.7. The molecule has 0 saturated carbocycles. The van der Waals surface area contributed by atoms with Crippen molar-refractivity contribution in [2.45, 2.75) is 32.7 Å². The Balaban J connectivity index is 0. The third-order valence-electron chi connectivity index (χ3n) is 2.20. The maximum absolute atomic E-state index is 11.4. The standard InChI is InChI=1S/C11H19N3OS.2ClH/c1-3-11-14-9(8-16-11)7-13-10(15)5-4-6-12-2;;/h8,12H,3-7H2,1-2H3,(H,13,15);2*1H. The van der Waals surface area contributed by atoms with E-state index in [9.17, 15) is 4.79 Å². The second-order valence-corrected chi connectivity index (χ2v) is 4.51. The predicted octanol–water partition coefficient (Wildman–Crippen LogP) is 2.16. The van der Waals surface area contributed by atoms with Gasteiger partial charge < -0.3 is 10.6 Å². The number of aryl methyl sites for hydroxylation is 1. The molecule has 0 bridgehead atoms. The van der Waals surface area contributed by atoms with Crippen LogP contribution in [0.1, 0.15) is 30.5 Å². The van der Waals surface area contributed by atoms with Crippen LogP contribution in [0, 0.1) is 0 Å². The minimum absolute atomic E-state index is 0. The van der Waals surface area contributed by atoms with E-state index in [0.717, 1.165) is 30.1 Å². The number of halogens is 2. The molecule has 0 atom stereocenters. The average Bonchev–Trinajstić information content (AvgIpc) is 2.74. The lowest BCUT2D eigenvalue weighted by Gasteiger charge is -2.02. The number of nitrogens with one attached hydrogen (secondary N) is 2. The Morgan fingerprint density at radius 2 is 2.17 bits per heavy atom. The van der Waals surface area contributed by atoms with E-state index in [-0.39, 0.29) is 30.7 Å². The van der Waals surface area contributed by atoms with E-state index in [1.807, 2.05) is 12.4 Å². The highest BCUT2D eigenvalue weighted by Crippen LogP contribution is 2.09. The highest BCUT2D eigenvalue weighted by atomic mass is 35.5. The third-order valence-corrected chi connectivity index (χ3v) is 3.24. The van der Waals surface area contributed by atoms with Gasteiger partial charge in [-0.25, -0.2) is 4.98 Å². The molecule has 1 aromatic rings. The molecule has 18 heavy (non-hydrogen) atoms. The highest BCUT2D eigenvalue weighted by Gasteiger charge is 2.03. The lowest BCUT2D eigenvalue weighted by molar-refractivity contribution is -0.121. The van der Waals surface area contributed by atoms with Crippen LogP contribution in [0.2, 0.25) is 0 Å². The first-order valence-electron chi connectivity index (χ1n) is 5.60. The van der Waals surface area contributed by atoms with Gasteiger partial charge in [0.15, 0.2) is 0 Å². The van der Waals surface area contributed by atoms with Crippen molar-refractivity contribution in [3.8, 4) is 0 Å². The van der Waals surface area contributed by atoms with E-state index in [1.165, 1.54) is 0 Å². The summed E-state index contributed by atoms with van der Waals surface area (Å²) in [5.74, 6) is 0.0984. The maximum atomic E-state index is 11.4. The molecular formula is C11H21Cl2N3OS. The van der Waals surface area contributed by atoms with E-state index in [1.54, 1.807) is 11.3 Å². The Kier molecular flexibility index (Phi) is 13.0. The van der Waals surface area contributed by atoms with Crippen molar-refractivity contribution in [3.63, 3.8) is 0 Å². The van der Waals surface area contributed by atoms with E-state index in [0.29, 0.717) is 13.0 Å². The summed E-state index contributed by atoms with van der Waals surface area (Å²) in [6.45, 7) is 3.51. The van der Waals surface area contributed by atoms with Crippen molar-refractivity contribution >= 4 is 42.1 Å². The molecule has 0 fully saturated rings. The van der Waals surface area contributed by atoms with Crippen LogP contribution < -0.4 is 10.6 Å². The fourth-order valence-electron chi connectivity index (χ4n) is 1.30. The first kappa shape index (κ1) is 20.0. The van der Waals surface area contributed by atoms with Gasteiger partial charge in [0, 0.05) is 11.8 Å². The summed E-state index contributed by atoms with van der Waals surface area (Å²) < 4.78 is 0. The molecule has 0 saturated heterocycles. The van der Waals surface area contributed by atoms with Crippen LogP contribution in [0.3, 0.4) is 0 Å².